The Kier molecular flexibility index (Phi) is 6.58. The summed E-state index contributed by atoms with van der Waals surface area (Å²) in [5, 5.41) is 10.2. The molecule has 0 atom stereocenters. The van der Waals surface area contributed by atoms with Crippen molar-refractivity contribution in [2.24, 2.45) is 0 Å². The van der Waals surface area contributed by atoms with Gasteiger partial charge in [-0.2, -0.15) is 0 Å². The highest BCUT2D eigenvalue weighted by atomic mass is 15.0. The molecule has 8 aromatic carbocycles. The maximum Gasteiger partial charge on any atom is 0.0549 e. The standard InChI is InChI=1S/C54H43N3/c1-53(2)27-28-54(3,4)45-33-51-41(30-44(45)53)42-31-50-43(32-49(42)55(51)35-16-6-5-7-17-35)52-38-20-9-8-15-34(38)25-26-48(52)57(50)37-19-14-18-36(29-37)56-46-23-12-10-21-39(46)40-22-11-13-24-47(40)56/h5-26,29-33H,27-28H2,1-4H3. The maximum atomic E-state index is 2.56. The topological polar surface area (TPSA) is 14.8 Å². The van der Waals surface area contributed by atoms with Crippen molar-refractivity contribution >= 4 is 76.2 Å². The fourth-order valence-electron chi connectivity index (χ4n) is 10.5. The molecule has 0 radical (unpaired) electrons. The highest BCUT2D eigenvalue weighted by Gasteiger charge is 2.38. The van der Waals surface area contributed by atoms with Crippen molar-refractivity contribution in [3.63, 3.8) is 0 Å². The van der Waals surface area contributed by atoms with Gasteiger partial charge in [-0.05, 0) is 118 Å². The maximum absolute atomic E-state index is 2.56. The van der Waals surface area contributed by atoms with E-state index in [0.717, 1.165) is 11.4 Å². The molecule has 3 aromatic heterocycles. The zero-order valence-electron chi connectivity index (χ0n) is 32.8. The second kappa shape index (κ2) is 11.5. The molecule has 0 bridgehead atoms. The molecule has 57 heavy (non-hydrogen) atoms. The van der Waals surface area contributed by atoms with Crippen LogP contribution in [-0.2, 0) is 10.8 Å². The first-order valence-corrected chi connectivity index (χ1v) is 20.4. The highest BCUT2D eigenvalue weighted by Crippen LogP contribution is 2.49. The van der Waals surface area contributed by atoms with Gasteiger partial charge in [0, 0.05) is 49.4 Å². The van der Waals surface area contributed by atoms with Gasteiger partial charge in [0.1, 0.15) is 0 Å². The van der Waals surface area contributed by atoms with Crippen molar-refractivity contribution in [3.05, 3.63) is 175 Å². The molecule has 1 aliphatic carbocycles. The van der Waals surface area contributed by atoms with Crippen LogP contribution in [0.2, 0.25) is 0 Å². The molecular weight excluding hydrogens is 691 g/mol. The molecule has 0 unspecified atom stereocenters. The SMILES string of the molecule is CC1(C)CCC(C)(C)c2cc3c(cc21)c1cc2c(cc1n3-c1ccccc1)c1c3ccccc3ccc1n2-c1cccc(-n2c3ccccc3c3ccccc32)c1. The minimum absolute atomic E-state index is 0.103. The van der Waals surface area contributed by atoms with Gasteiger partial charge in [-0.15, -0.1) is 0 Å². The monoisotopic (exact) mass is 733 g/mol. The zero-order valence-corrected chi connectivity index (χ0v) is 32.8. The van der Waals surface area contributed by atoms with E-state index in [0.29, 0.717) is 0 Å². The first-order valence-electron chi connectivity index (χ1n) is 20.4. The third kappa shape index (κ3) is 4.54. The molecule has 0 N–H and O–H groups in total. The summed E-state index contributed by atoms with van der Waals surface area (Å²) in [7, 11) is 0. The van der Waals surface area contributed by atoms with Gasteiger partial charge in [0.05, 0.1) is 33.1 Å². The largest absolute Gasteiger partial charge is 0.309 e. The molecule has 0 aliphatic heterocycles. The predicted octanol–water partition coefficient (Wildman–Crippen LogP) is 14.5. The molecule has 0 saturated carbocycles. The summed E-state index contributed by atoms with van der Waals surface area (Å²) in [4.78, 5) is 0. The number of para-hydroxylation sites is 3. The molecule has 11 aromatic rings. The first kappa shape index (κ1) is 32.6. The summed E-state index contributed by atoms with van der Waals surface area (Å²) in [5.74, 6) is 0. The van der Waals surface area contributed by atoms with Crippen LogP contribution in [0.25, 0.3) is 93.3 Å². The first-order chi connectivity index (χ1) is 27.8. The van der Waals surface area contributed by atoms with Crippen LogP contribution in [0.15, 0.2) is 164 Å². The van der Waals surface area contributed by atoms with Crippen molar-refractivity contribution < 1.29 is 0 Å². The predicted molar refractivity (Wildman–Crippen MR) is 242 cm³/mol. The Hall–Kier alpha value is -6.58. The van der Waals surface area contributed by atoms with Gasteiger partial charge in [0.15, 0.2) is 0 Å². The minimum atomic E-state index is 0.103. The van der Waals surface area contributed by atoms with E-state index < -0.39 is 0 Å². The Morgan fingerprint density at radius 3 is 1.53 bits per heavy atom. The van der Waals surface area contributed by atoms with E-state index in [1.807, 2.05) is 0 Å². The molecule has 0 saturated heterocycles. The van der Waals surface area contributed by atoms with Gasteiger partial charge in [0.2, 0.25) is 0 Å². The molecule has 3 heterocycles. The Labute approximate surface area is 332 Å². The molecule has 0 amide bonds. The van der Waals surface area contributed by atoms with Gasteiger partial charge in [-0.3, -0.25) is 0 Å². The Bertz CT molecular complexity index is 3410. The molecule has 274 valence electrons. The van der Waals surface area contributed by atoms with Crippen molar-refractivity contribution in [1.29, 1.82) is 0 Å². The lowest BCUT2D eigenvalue weighted by molar-refractivity contribution is 0.332. The van der Waals surface area contributed by atoms with Crippen molar-refractivity contribution in [2.45, 2.75) is 51.4 Å². The van der Waals surface area contributed by atoms with Gasteiger partial charge in [-0.25, -0.2) is 0 Å². The summed E-state index contributed by atoms with van der Waals surface area (Å²) in [6.07, 6.45) is 2.37. The number of fused-ring (bicyclic) bond motifs is 12. The summed E-state index contributed by atoms with van der Waals surface area (Å²) >= 11 is 0. The Morgan fingerprint density at radius 2 is 0.825 bits per heavy atom. The van der Waals surface area contributed by atoms with Crippen molar-refractivity contribution in [2.75, 3.05) is 0 Å². The zero-order chi connectivity index (χ0) is 38.2. The third-order valence-electron chi connectivity index (χ3n) is 13.5. The average Bonchev–Trinajstić information content (AvgIpc) is 3.87. The lowest BCUT2D eigenvalue weighted by atomic mass is 9.63. The molecule has 0 spiro atoms. The van der Waals surface area contributed by atoms with Crippen LogP contribution in [-0.4, -0.2) is 13.7 Å². The van der Waals surface area contributed by atoms with E-state index in [1.54, 1.807) is 0 Å². The van der Waals surface area contributed by atoms with Gasteiger partial charge < -0.3 is 13.7 Å². The number of hydrogen-bond donors (Lipinski definition) is 0. The lowest BCUT2D eigenvalue weighted by Gasteiger charge is -2.42. The van der Waals surface area contributed by atoms with Gasteiger partial charge >= 0.3 is 0 Å². The number of hydrogen-bond acceptors (Lipinski definition) is 0. The fraction of sp³-hybridized carbons (Fsp3) is 0.148. The molecule has 3 heteroatoms. The van der Waals surface area contributed by atoms with E-state index in [-0.39, 0.29) is 10.8 Å². The second-order valence-corrected chi connectivity index (χ2v) is 17.6. The molecule has 0 fully saturated rings. The van der Waals surface area contributed by atoms with Crippen molar-refractivity contribution in [1.82, 2.24) is 13.7 Å². The third-order valence-corrected chi connectivity index (χ3v) is 13.5. The van der Waals surface area contributed by atoms with E-state index in [4.69, 9.17) is 0 Å². The normalized spacial score (nSPS) is 15.2. The second-order valence-electron chi connectivity index (χ2n) is 17.6. The summed E-state index contributed by atoms with van der Waals surface area (Å²) in [6.45, 7) is 9.75. The van der Waals surface area contributed by atoms with Crippen molar-refractivity contribution in [3.8, 4) is 17.1 Å². The van der Waals surface area contributed by atoms with Crippen LogP contribution in [0.1, 0.15) is 51.7 Å². The molecule has 1 aliphatic rings. The van der Waals surface area contributed by atoms with Crippen LogP contribution < -0.4 is 0 Å². The van der Waals surface area contributed by atoms with Crippen LogP contribution >= 0.6 is 0 Å². The highest BCUT2D eigenvalue weighted by molar-refractivity contribution is 6.25. The van der Waals surface area contributed by atoms with E-state index in [1.165, 1.54) is 106 Å². The lowest BCUT2D eigenvalue weighted by Crippen LogP contribution is -2.33. The average molecular weight is 734 g/mol. The summed E-state index contributed by atoms with van der Waals surface area (Å²) < 4.78 is 7.47. The van der Waals surface area contributed by atoms with E-state index >= 15 is 0 Å². The van der Waals surface area contributed by atoms with Crippen LogP contribution in [0.3, 0.4) is 0 Å². The van der Waals surface area contributed by atoms with Gasteiger partial charge in [0.25, 0.3) is 0 Å². The number of nitrogens with zero attached hydrogens (tertiary/aromatic N) is 3. The Morgan fingerprint density at radius 1 is 0.333 bits per heavy atom. The van der Waals surface area contributed by atoms with Crippen LogP contribution in [0.5, 0.6) is 0 Å². The fourth-order valence-corrected chi connectivity index (χ4v) is 10.5. The van der Waals surface area contributed by atoms with Crippen LogP contribution in [0, 0.1) is 0 Å². The van der Waals surface area contributed by atoms with Gasteiger partial charge in [-0.1, -0.05) is 119 Å². The quantitative estimate of drug-likeness (QED) is 0.172. The number of rotatable bonds is 3. The number of aromatic nitrogens is 3. The van der Waals surface area contributed by atoms with E-state index in [9.17, 15) is 0 Å². The summed E-state index contributed by atoms with van der Waals surface area (Å²) in [5.41, 5.74) is 14.1. The minimum Gasteiger partial charge on any atom is -0.309 e. The number of benzene rings is 8. The molecular formula is C54H43N3. The van der Waals surface area contributed by atoms with Crippen LogP contribution in [0.4, 0.5) is 0 Å². The Balaban J connectivity index is 1.22. The molecule has 12 rings (SSSR count). The molecule has 3 nitrogen and oxygen atoms in total. The van der Waals surface area contributed by atoms with E-state index in [2.05, 4.69) is 205 Å². The smallest absolute Gasteiger partial charge is 0.0549 e. The summed E-state index contributed by atoms with van der Waals surface area (Å²) in [6, 6.07) is 61.3.